The molecule has 0 radical (unpaired) electrons. The molecule has 83 heavy (non-hydrogen) atoms. The molecule has 0 N–H and O–H groups in total. The molecule has 0 aliphatic rings. The fourth-order valence-electron chi connectivity index (χ4n) is 12.2. The molecular weight excluding hydrogens is 1100 g/mol. The Labute approximate surface area is 552 Å². The van der Waals surface area contributed by atoms with E-state index >= 15 is 0 Å². The van der Waals surface area contributed by atoms with E-state index in [1.54, 1.807) is 0 Å². The molecule has 0 fully saturated rings. The largest absolute Gasteiger partial charge is 2.00 e. The maximum Gasteiger partial charge on any atom is 2.00 e. The van der Waals surface area contributed by atoms with Gasteiger partial charge in [-0.3, -0.25) is 8.37 Å². The van der Waals surface area contributed by atoms with E-state index in [-0.39, 0.29) is 62.8 Å². The number of rotatable bonds is 70. The Morgan fingerprint density at radius 2 is 0.325 bits per heavy atom. The van der Waals surface area contributed by atoms with Crippen LogP contribution in [0.3, 0.4) is 0 Å². The number of hydrogen-bond acceptors (Lipinski definition) is 8. The summed E-state index contributed by atoms with van der Waals surface area (Å²) in [7, 11) is -9.18. The Kier molecular flexibility index (Phi) is 78.4. The quantitative estimate of drug-likeness (QED) is 0.0254. The van der Waals surface area contributed by atoms with Gasteiger partial charge in [0.1, 0.15) is 0 Å². The molecule has 0 heterocycles. The summed E-state index contributed by atoms with van der Waals surface area (Å²) in [6.07, 6.45) is 84.8. The maximum atomic E-state index is 11.0. The predicted molar refractivity (Wildman–Crippen MR) is 362 cm³/mol. The van der Waals surface area contributed by atoms with E-state index in [9.17, 15) is 25.9 Å². The van der Waals surface area contributed by atoms with Crippen molar-refractivity contribution in [2.75, 3.05) is 13.2 Å². The second-order valence-electron chi connectivity index (χ2n) is 26.1. The van der Waals surface area contributed by atoms with Gasteiger partial charge in [0, 0.05) is 0 Å². The first-order valence-electron chi connectivity index (χ1n) is 37.2. The van der Waals surface area contributed by atoms with Crippen molar-refractivity contribution in [3.8, 4) is 0 Å². The first-order chi connectivity index (χ1) is 40.0. The molecule has 0 saturated heterocycles. The van der Waals surface area contributed by atoms with Gasteiger partial charge in [-0.1, -0.05) is 413 Å². The Balaban J connectivity index is -0.00000152. The minimum Gasteiger partial charge on any atom is -0.726 e. The number of hydrogen-bond donors (Lipinski definition) is 0. The van der Waals surface area contributed by atoms with E-state index in [1.165, 1.54) is 360 Å². The molecule has 0 aromatic heterocycles. The van der Waals surface area contributed by atoms with Gasteiger partial charge in [0.25, 0.3) is 0 Å². The van der Waals surface area contributed by atoms with Gasteiger partial charge in [-0.25, -0.2) is 16.8 Å². The van der Waals surface area contributed by atoms with Gasteiger partial charge >= 0.3 is 37.7 Å². The average Bonchev–Trinajstić information content (AvgIpc) is 3.45. The van der Waals surface area contributed by atoms with Gasteiger partial charge in [0.05, 0.1) is 13.2 Å². The fraction of sp³-hybridized carbons (Fsp3) is 1.00. The van der Waals surface area contributed by atoms with Crippen molar-refractivity contribution in [2.24, 2.45) is 11.8 Å². The van der Waals surface area contributed by atoms with Crippen LogP contribution in [0.25, 0.3) is 0 Å². The molecule has 11 heteroatoms. The molecule has 496 valence electrons. The summed E-state index contributed by atoms with van der Waals surface area (Å²) in [5.41, 5.74) is 0. The summed E-state index contributed by atoms with van der Waals surface area (Å²) >= 11 is 0. The van der Waals surface area contributed by atoms with Crippen molar-refractivity contribution < 1.29 is 34.3 Å². The van der Waals surface area contributed by atoms with Gasteiger partial charge in [-0.05, 0) is 37.5 Å². The van der Waals surface area contributed by atoms with Crippen molar-refractivity contribution in [3.05, 3.63) is 0 Å². The van der Waals surface area contributed by atoms with E-state index in [1.807, 2.05) is 0 Å². The molecule has 0 spiro atoms. The summed E-state index contributed by atoms with van der Waals surface area (Å²) < 4.78 is 75.2. The second kappa shape index (κ2) is 73.7. The smallest absolute Gasteiger partial charge is 0.726 e. The topological polar surface area (TPSA) is 133 Å². The third-order valence-corrected chi connectivity index (χ3v) is 18.6. The van der Waals surface area contributed by atoms with Crippen LogP contribution in [-0.2, 0) is 29.2 Å². The molecule has 0 aromatic carbocycles. The van der Waals surface area contributed by atoms with Crippen LogP contribution in [0.2, 0.25) is 0 Å². The van der Waals surface area contributed by atoms with E-state index < -0.39 is 20.8 Å². The first kappa shape index (κ1) is 88.2. The van der Waals surface area contributed by atoms with Crippen LogP contribution in [0.1, 0.15) is 439 Å². The van der Waals surface area contributed by atoms with Crippen LogP contribution in [0.15, 0.2) is 0 Å². The van der Waals surface area contributed by atoms with Crippen LogP contribution in [0.4, 0.5) is 0 Å². The normalized spacial score (nSPS) is 12.6. The standard InChI is InChI=1S/2C36H74O4S.Ca/c2*1-3-5-7-9-11-13-15-17-19-20-22-24-26-28-30-32-34-36(35-40-41(37,38)39)33-31-29-27-25-23-21-18-16-14-12-10-8-6-4-2;/h2*36H,3-35H2,1-2H3,(H,37,38,39);/q;;+2/p-2. The molecule has 2 atom stereocenters. The van der Waals surface area contributed by atoms with Gasteiger partial charge in [0.2, 0.25) is 20.8 Å². The zero-order valence-corrected chi connectivity index (χ0v) is 60.5. The first-order valence-corrected chi connectivity index (χ1v) is 39.9. The minimum atomic E-state index is -4.59. The molecule has 0 rings (SSSR count). The van der Waals surface area contributed by atoms with Crippen LogP contribution < -0.4 is 0 Å². The summed E-state index contributed by atoms with van der Waals surface area (Å²) in [6.45, 7) is 9.25. The molecule has 0 aromatic rings. The van der Waals surface area contributed by atoms with Gasteiger partial charge in [-0.2, -0.15) is 0 Å². The third-order valence-electron chi connectivity index (χ3n) is 17.8. The maximum absolute atomic E-state index is 11.0. The fourth-order valence-corrected chi connectivity index (χ4v) is 12.9. The Hall–Kier alpha value is 1.000. The SMILES string of the molecule is CCCCCCCCCCCCCCCCCCC(CCCCCCCCCCCCCCCC)COS(=O)(=O)[O-].CCCCCCCCCCCCCCCCCCC(CCCCCCCCCCCCCCCC)COS(=O)(=O)[O-].[Ca+2]. The zero-order valence-electron chi connectivity index (χ0n) is 56.6. The molecular formula is C72H146CaO8S2. The Morgan fingerprint density at radius 1 is 0.217 bits per heavy atom. The van der Waals surface area contributed by atoms with Crippen molar-refractivity contribution in [1.29, 1.82) is 0 Å². The van der Waals surface area contributed by atoms with Crippen LogP contribution in [0, 0.1) is 11.8 Å². The van der Waals surface area contributed by atoms with Crippen LogP contribution >= 0.6 is 0 Å². The Bertz CT molecular complexity index is 1300. The molecule has 0 saturated carbocycles. The molecule has 0 amide bonds. The van der Waals surface area contributed by atoms with Crippen LogP contribution in [-0.4, -0.2) is 76.9 Å². The van der Waals surface area contributed by atoms with E-state index in [2.05, 4.69) is 36.1 Å². The van der Waals surface area contributed by atoms with Gasteiger partial charge < -0.3 is 9.11 Å². The second-order valence-corrected chi connectivity index (χ2v) is 28.2. The minimum absolute atomic E-state index is 0. The van der Waals surface area contributed by atoms with Gasteiger partial charge in [0.15, 0.2) is 0 Å². The van der Waals surface area contributed by atoms with E-state index in [0.717, 1.165) is 51.4 Å². The van der Waals surface area contributed by atoms with Gasteiger partial charge in [-0.15, -0.1) is 0 Å². The van der Waals surface area contributed by atoms with Crippen molar-refractivity contribution in [2.45, 2.75) is 439 Å². The Morgan fingerprint density at radius 3 is 0.434 bits per heavy atom. The molecule has 0 aliphatic heterocycles. The van der Waals surface area contributed by atoms with Crippen molar-refractivity contribution in [1.82, 2.24) is 0 Å². The molecule has 0 aliphatic carbocycles. The van der Waals surface area contributed by atoms with Crippen molar-refractivity contribution in [3.63, 3.8) is 0 Å². The van der Waals surface area contributed by atoms with E-state index in [4.69, 9.17) is 0 Å². The van der Waals surface area contributed by atoms with E-state index in [0.29, 0.717) is 0 Å². The summed E-state index contributed by atoms with van der Waals surface area (Å²) in [5, 5.41) is 0. The molecule has 2 unspecified atom stereocenters. The third kappa shape index (κ3) is 83.0. The summed E-state index contributed by atoms with van der Waals surface area (Å²) in [6, 6.07) is 0. The summed E-state index contributed by atoms with van der Waals surface area (Å²) in [5.74, 6) is 0.394. The summed E-state index contributed by atoms with van der Waals surface area (Å²) in [4.78, 5) is 0. The average molecular weight is 1240 g/mol. The molecule has 8 nitrogen and oxygen atoms in total. The number of unbranched alkanes of at least 4 members (excludes halogenated alkanes) is 56. The molecule has 0 bridgehead atoms. The van der Waals surface area contributed by atoms with Crippen molar-refractivity contribution >= 4 is 58.5 Å². The predicted octanol–water partition coefficient (Wildman–Crippen LogP) is 24.8. The van der Waals surface area contributed by atoms with Crippen LogP contribution in [0.5, 0.6) is 0 Å². The monoisotopic (exact) mass is 1240 g/mol. The zero-order chi connectivity index (χ0) is 60.2.